The van der Waals surface area contributed by atoms with Crippen LogP contribution in [0, 0.1) is 5.92 Å². The van der Waals surface area contributed by atoms with E-state index in [9.17, 15) is 4.79 Å². The van der Waals surface area contributed by atoms with Gasteiger partial charge in [-0.1, -0.05) is 49.4 Å². The van der Waals surface area contributed by atoms with E-state index in [1.807, 2.05) is 42.5 Å². The zero-order chi connectivity index (χ0) is 17.6. The zero-order valence-electron chi connectivity index (χ0n) is 14.7. The lowest BCUT2D eigenvalue weighted by Crippen LogP contribution is -2.41. The summed E-state index contributed by atoms with van der Waals surface area (Å²) in [5.41, 5.74) is 8.09. The fourth-order valence-corrected chi connectivity index (χ4v) is 3.45. The maximum atomic E-state index is 11.9. The van der Waals surface area contributed by atoms with E-state index in [1.165, 1.54) is 11.1 Å². The van der Waals surface area contributed by atoms with Crippen molar-refractivity contribution in [2.24, 2.45) is 11.7 Å². The number of nitrogens with zero attached hydrogens (tertiary/aromatic N) is 1. The maximum Gasteiger partial charge on any atom is 0.258 e. The smallest absolute Gasteiger partial charge is 0.258 e. The second-order valence-corrected chi connectivity index (χ2v) is 6.69. The van der Waals surface area contributed by atoms with E-state index in [2.05, 4.69) is 24.0 Å². The number of rotatable bonds is 7. The number of amides is 1. The summed E-state index contributed by atoms with van der Waals surface area (Å²) < 4.78 is 5.96. The zero-order valence-corrected chi connectivity index (χ0v) is 14.7. The number of carbonyl (C=O) groups excluding carboxylic acids is 1. The molecule has 0 bridgehead atoms. The lowest BCUT2D eigenvalue weighted by Gasteiger charge is -2.22. The van der Waals surface area contributed by atoms with Crippen molar-refractivity contribution in [2.45, 2.75) is 25.9 Å². The van der Waals surface area contributed by atoms with Gasteiger partial charge in [-0.05, 0) is 49.2 Å². The number of primary amides is 1. The van der Waals surface area contributed by atoms with Crippen LogP contribution in [-0.4, -0.2) is 36.5 Å². The molecule has 2 aromatic carbocycles. The van der Waals surface area contributed by atoms with Gasteiger partial charge in [0.25, 0.3) is 5.91 Å². The minimum atomic E-state index is -0.559. The van der Waals surface area contributed by atoms with E-state index < -0.39 is 6.10 Å². The first-order valence-electron chi connectivity index (χ1n) is 8.97. The minimum Gasteiger partial charge on any atom is -0.480 e. The van der Waals surface area contributed by atoms with Crippen LogP contribution in [0.3, 0.4) is 0 Å². The van der Waals surface area contributed by atoms with Crippen LogP contribution >= 0.6 is 0 Å². The monoisotopic (exact) mass is 338 g/mol. The number of likely N-dealkylation sites (tertiary alicyclic amines) is 1. The highest BCUT2D eigenvalue weighted by atomic mass is 16.5. The lowest BCUT2D eigenvalue weighted by molar-refractivity contribution is -0.126. The first-order chi connectivity index (χ1) is 12.2. The van der Waals surface area contributed by atoms with Crippen molar-refractivity contribution in [1.29, 1.82) is 0 Å². The number of carbonyl (C=O) groups is 1. The summed E-state index contributed by atoms with van der Waals surface area (Å²) in [5, 5.41) is 0. The molecule has 4 nitrogen and oxygen atoms in total. The average molecular weight is 338 g/mol. The van der Waals surface area contributed by atoms with Crippen molar-refractivity contribution < 1.29 is 9.53 Å². The third kappa shape index (κ3) is 4.60. The summed E-state index contributed by atoms with van der Waals surface area (Å²) in [5.74, 6) is 0.494. The highest BCUT2D eigenvalue weighted by Gasteiger charge is 2.33. The van der Waals surface area contributed by atoms with Gasteiger partial charge in [-0.25, -0.2) is 0 Å². The molecular weight excluding hydrogens is 312 g/mol. The van der Waals surface area contributed by atoms with Crippen LogP contribution in [0.4, 0.5) is 0 Å². The van der Waals surface area contributed by atoms with Gasteiger partial charge in [0.05, 0.1) is 0 Å². The summed E-state index contributed by atoms with van der Waals surface area (Å²) in [6.07, 6.45) is 1.28. The van der Waals surface area contributed by atoms with Crippen molar-refractivity contribution in [3.63, 3.8) is 0 Å². The molecule has 1 saturated heterocycles. The highest BCUT2D eigenvalue weighted by molar-refractivity contribution is 5.79. The second-order valence-electron chi connectivity index (χ2n) is 6.69. The molecule has 1 amide bonds. The van der Waals surface area contributed by atoms with Gasteiger partial charge in [0.15, 0.2) is 6.10 Å². The van der Waals surface area contributed by atoms with Crippen LogP contribution in [0.2, 0.25) is 0 Å². The minimum absolute atomic E-state index is 0.168. The van der Waals surface area contributed by atoms with Crippen LogP contribution < -0.4 is 10.5 Å². The molecule has 1 aliphatic rings. The van der Waals surface area contributed by atoms with E-state index in [-0.39, 0.29) is 11.8 Å². The quantitative estimate of drug-likeness (QED) is 0.844. The van der Waals surface area contributed by atoms with Crippen molar-refractivity contribution in [1.82, 2.24) is 4.90 Å². The molecule has 25 heavy (non-hydrogen) atoms. The fourth-order valence-electron chi connectivity index (χ4n) is 3.45. The molecule has 2 N–H and O–H groups in total. The summed E-state index contributed by atoms with van der Waals surface area (Å²) in [7, 11) is 0. The maximum absolute atomic E-state index is 11.9. The molecule has 0 saturated carbocycles. The third-order valence-electron chi connectivity index (χ3n) is 4.90. The van der Waals surface area contributed by atoms with Gasteiger partial charge in [0.2, 0.25) is 0 Å². The summed E-state index contributed by atoms with van der Waals surface area (Å²) in [4.78, 5) is 14.2. The van der Waals surface area contributed by atoms with E-state index in [1.54, 1.807) is 0 Å². The number of ether oxygens (including phenoxy) is 1. The van der Waals surface area contributed by atoms with Crippen LogP contribution in [0.1, 0.15) is 24.5 Å². The molecule has 4 heteroatoms. The Morgan fingerprint density at radius 3 is 2.44 bits per heavy atom. The largest absolute Gasteiger partial charge is 0.480 e. The molecule has 1 fully saturated rings. The Morgan fingerprint density at radius 2 is 1.84 bits per heavy atom. The first kappa shape index (κ1) is 17.5. The van der Waals surface area contributed by atoms with Crippen LogP contribution in [0.15, 0.2) is 54.6 Å². The molecule has 0 radical (unpaired) electrons. The molecule has 2 atom stereocenters. The Balaban J connectivity index is 1.64. The molecule has 132 valence electrons. The van der Waals surface area contributed by atoms with Gasteiger partial charge in [0.1, 0.15) is 5.75 Å². The standard InChI is InChI=1S/C21H26N2O2/c1-2-23-13-12-18(15-23)20(21(22)24)25-19-10-8-17(9-11-19)14-16-6-4-3-5-7-16/h3-11,18,20H,2,12-15H2,1H3,(H2,22,24). The van der Waals surface area contributed by atoms with Gasteiger partial charge >= 0.3 is 0 Å². The van der Waals surface area contributed by atoms with Crippen molar-refractivity contribution >= 4 is 5.91 Å². The molecule has 0 aliphatic carbocycles. The lowest BCUT2D eigenvalue weighted by atomic mass is 10.0. The Hall–Kier alpha value is -2.33. The van der Waals surface area contributed by atoms with E-state index in [0.29, 0.717) is 5.75 Å². The van der Waals surface area contributed by atoms with Crippen LogP contribution in [0.5, 0.6) is 5.75 Å². The predicted molar refractivity (Wildman–Crippen MR) is 99.5 cm³/mol. The van der Waals surface area contributed by atoms with Gasteiger partial charge < -0.3 is 15.4 Å². The number of nitrogens with two attached hydrogens (primary N) is 1. The second kappa shape index (κ2) is 8.17. The van der Waals surface area contributed by atoms with E-state index in [4.69, 9.17) is 10.5 Å². The summed E-state index contributed by atoms with van der Waals surface area (Å²) >= 11 is 0. The Labute approximate surface area is 149 Å². The van der Waals surface area contributed by atoms with Gasteiger partial charge in [-0.15, -0.1) is 0 Å². The summed E-state index contributed by atoms with van der Waals surface area (Å²) in [6.45, 7) is 5.00. The van der Waals surface area contributed by atoms with Gasteiger partial charge in [-0.3, -0.25) is 4.79 Å². The van der Waals surface area contributed by atoms with Crippen LogP contribution in [0.25, 0.3) is 0 Å². The molecule has 1 aliphatic heterocycles. The molecule has 2 unspecified atom stereocenters. The molecular formula is C21H26N2O2. The average Bonchev–Trinajstić information content (AvgIpc) is 3.10. The molecule has 0 aromatic heterocycles. The Bertz CT molecular complexity index is 685. The van der Waals surface area contributed by atoms with E-state index >= 15 is 0 Å². The topological polar surface area (TPSA) is 55.6 Å². The van der Waals surface area contributed by atoms with Gasteiger partial charge in [-0.2, -0.15) is 0 Å². The Morgan fingerprint density at radius 1 is 1.16 bits per heavy atom. The predicted octanol–water partition coefficient (Wildman–Crippen LogP) is 2.85. The highest BCUT2D eigenvalue weighted by Crippen LogP contribution is 2.24. The van der Waals surface area contributed by atoms with Crippen molar-refractivity contribution in [3.05, 3.63) is 65.7 Å². The van der Waals surface area contributed by atoms with Crippen molar-refractivity contribution in [2.75, 3.05) is 19.6 Å². The number of hydrogen-bond acceptors (Lipinski definition) is 3. The normalized spacial score (nSPS) is 18.8. The van der Waals surface area contributed by atoms with Crippen LogP contribution in [-0.2, 0) is 11.2 Å². The molecule has 2 aromatic rings. The van der Waals surface area contributed by atoms with Crippen molar-refractivity contribution in [3.8, 4) is 5.75 Å². The fraction of sp³-hybridized carbons (Fsp3) is 0.381. The van der Waals surface area contributed by atoms with E-state index in [0.717, 1.165) is 32.5 Å². The molecule has 3 rings (SSSR count). The number of benzene rings is 2. The third-order valence-corrected chi connectivity index (χ3v) is 4.90. The van der Waals surface area contributed by atoms with Gasteiger partial charge in [0, 0.05) is 12.5 Å². The molecule has 1 heterocycles. The molecule has 0 spiro atoms. The Kier molecular flexibility index (Phi) is 5.71. The number of hydrogen-bond donors (Lipinski definition) is 1. The first-order valence-corrected chi connectivity index (χ1v) is 8.97. The SMILES string of the molecule is CCN1CCC(C(Oc2ccc(Cc3ccccc3)cc2)C(N)=O)C1. The summed E-state index contributed by atoms with van der Waals surface area (Å²) in [6, 6.07) is 18.3.